The van der Waals surface area contributed by atoms with Crippen molar-refractivity contribution < 1.29 is 5.11 Å². The molecule has 1 atom stereocenters. The topological polar surface area (TPSA) is 74.2 Å². The summed E-state index contributed by atoms with van der Waals surface area (Å²) in [6.45, 7) is 6.84. The maximum absolute atomic E-state index is 9.16. The first kappa shape index (κ1) is 16.8. The fourth-order valence-electron chi connectivity index (χ4n) is 3.19. The number of nitrogens with one attached hydrogen (secondary N) is 1. The molecule has 1 aliphatic rings. The first-order chi connectivity index (χ1) is 11.6. The fourth-order valence-corrected chi connectivity index (χ4v) is 3.19. The number of nitrogens with zero attached hydrogens (tertiary/aromatic N) is 4. The van der Waals surface area contributed by atoms with Gasteiger partial charge in [-0.25, -0.2) is 15.0 Å². The van der Waals surface area contributed by atoms with Crippen molar-refractivity contribution in [3.8, 4) is 0 Å². The molecule has 0 spiro atoms. The van der Waals surface area contributed by atoms with Crippen molar-refractivity contribution in [3.05, 3.63) is 41.5 Å². The zero-order chi connectivity index (χ0) is 16.9. The monoisotopic (exact) mass is 327 g/mol. The number of aliphatic hydroxyl groups excluding tert-OH is 1. The lowest BCUT2D eigenvalue weighted by molar-refractivity contribution is 0.159. The van der Waals surface area contributed by atoms with Crippen molar-refractivity contribution in [3.63, 3.8) is 0 Å². The van der Waals surface area contributed by atoms with Crippen molar-refractivity contribution in [2.45, 2.75) is 32.6 Å². The molecule has 0 saturated carbocycles. The van der Waals surface area contributed by atoms with Crippen LogP contribution >= 0.6 is 0 Å². The Bertz CT molecular complexity index is 689. The third-order valence-electron chi connectivity index (χ3n) is 4.30. The van der Waals surface area contributed by atoms with Gasteiger partial charge in [0.05, 0.1) is 6.61 Å². The molecule has 1 unspecified atom stereocenters. The van der Waals surface area contributed by atoms with Crippen LogP contribution < -0.4 is 5.32 Å². The van der Waals surface area contributed by atoms with Gasteiger partial charge in [-0.1, -0.05) is 6.07 Å². The Kier molecular flexibility index (Phi) is 5.37. The lowest BCUT2D eigenvalue weighted by atomic mass is 9.97. The van der Waals surface area contributed by atoms with E-state index in [9.17, 15) is 0 Å². The number of hydrogen-bond acceptors (Lipinski definition) is 6. The molecule has 0 radical (unpaired) electrons. The van der Waals surface area contributed by atoms with Crippen molar-refractivity contribution >= 4 is 11.6 Å². The summed E-state index contributed by atoms with van der Waals surface area (Å²) < 4.78 is 0. The molecule has 0 bridgehead atoms. The first-order valence-corrected chi connectivity index (χ1v) is 8.53. The molecule has 0 aromatic carbocycles. The molecule has 2 N–H and O–H groups in total. The minimum atomic E-state index is 0.202. The van der Waals surface area contributed by atoms with Gasteiger partial charge >= 0.3 is 0 Å². The highest BCUT2D eigenvalue weighted by Crippen LogP contribution is 2.26. The summed E-state index contributed by atoms with van der Waals surface area (Å²) in [5.74, 6) is 2.78. The number of aromatic nitrogens is 3. The Morgan fingerprint density at radius 1 is 1.17 bits per heavy atom. The van der Waals surface area contributed by atoms with Gasteiger partial charge in [0.25, 0.3) is 0 Å². The van der Waals surface area contributed by atoms with Gasteiger partial charge in [-0.3, -0.25) is 0 Å². The first-order valence-electron chi connectivity index (χ1n) is 8.53. The molecule has 6 nitrogen and oxygen atoms in total. The predicted octanol–water partition coefficient (Wildman–Crippen LogP) is 2.40. The fraction of sp³-hybridized carbons (Fsp3) is 0.500. The van der Waals surface area contributed by atoms with Crippen molar-refractivity contribution in [1.82, 2.24) is 19.9 Å². The minimum absolute atomic E-state index is 0.202. The summed E-state index contributed by atoms with van der Waals surface area (Å²) in [5, 5.41) is 12.4. The van der Waals surface area contributed by atoms with Crippen LogP contribution in [0.15, 0.2) is 24.3 Å². The molecule has 0 aliphatic carbocycles. The zero-order valence-corrected chi connectivity index (χ0v) is 14.4. The molecule has 1 saturated heterocycles. The minimum Gasteiger partial charge on any atom is -0.395 e. The van der Waals surface area contributed by atoms with E-state index >= 15 is 0 Å². The van der Waals surface area contributed by atoms with Crippen LogP contribution in [0.1, 0.15) is 36.0 Å². The highest BCUT2D eigenvalue weighted by molar-refractivity contribution is 5.52. The van der Waals surface area contributed by atoms with E-state index in [1.54, 1.807) is 0 Å². The lowest BCUT2D eigenvalue weighted by Gasteiger charge is -2.31. The van der Waals surface area contributed by atoms with Crippen LogP contribution in [0.5, 0.6) is 0 Å². The lowest BCUT2D eigenvalue weighted by Crippen LogP contribution is -2.36. The number of aryl methyl sites for hydroxylation is 2. The van der Waals surface area contributed by atoms with E-state index in [0.717, 1.165) is 61.3 Å². The van der Waals surface area contributed by atoms with E-state index in [4.69, 9.17) is 10.1 Å². The average molecular weight is 327 g/mol. The Morgan fingerprint density at radius 2 is 2.04 bits per heavy atom. The maximum atomic E-state index is 9.16. The summed E-state index contributed by atoms with van der Waals surface area (Å²) in [5.41, 5.74) is 1.92. The van der Waals surface area contributed by atoms with Crippen LogP contribution in [0.3, 0.4) is 0 Å². The second kappa shape index (κ2) is 7.68. The third-order valence-corrected chi connectivity index (χ3v) is 4.30. The van der Waals surface area contributed by atoms with Crippen molar-refractivity contribution in [1.29, 1.82) is 0 Å². The highest BCUT2D eigenvalue weighted by Gasteiger charge is 2.23. The van der Waals surface area contributed by atoms with Gasteiger partial charge in [-0.2, -0.15) is 0 Å². The van der Waals surface area contributed by atoms with Crippen molar-refractivity contribution in [2.75, 3.05) is 31.6 Å². The van der Waals surface area contributed by atoms with E-state index in [1.165, 1.54) is 0 Å². The van der Waals surface area contributed by atoms with Gasteiger partial charge in [-0.15, -0.1) is 0 Å². The van der Waals surface area contributed by atoms with E-state index in [-0.39, 0.29) is 6.61 Å². The molecule has 6 heteroatoms. The largest absolute Gasteiger partial charge is 0.395 e. The smallest absolute Gasteiger partial charge is 0.135 e. The predicted molar refractivity (Wildman–Crippen MR) is 94.5 cm³/mol. The number of β-amino-alcohol motifs (C(OH)–C–C–N with tert-alkyl or cyclic N) is 1. The summed E-state index contributed by atoms with van der Waals surface area (Å²) in [7, 11) is 0. The number of piperidine rings is 1. The van der Waals surface area contributed by atoms with E-state index in [2.05, 4.69) is 20.2 Å². The van der Waals surface area contributed by atoms with Crippen LogP contribution in [0.4, 0.5) is 11.6 Å². The van der Waals surface area contributed by atoms with Gasteiger partial charge in [-0.05, 0) is 45.4 Å². The summed E-state index contributed by atoms with van der Waals surface area (Å²) in [4.78, 5) is 16.1. The Hall–Kier alpha value is -2.05. The van der Waals surface area contributed by atoms with Crippen molar-refractivity contribution in [2.24, 2.45) is 0 Å². The summed E-state index contributed by atoms with van der Waals surface area (Å²) in [6.07, 6.45) is 2.21. The summed E-state index contributed by atoms with van der Waals surface area (Å²) in [6, 6.07) is 7.84. The molecule has 1 aliphatic heterocycles. The summed E-state index contributed by atoms with van der Waals surface area (Å²) >= 11 is 0. The van der Waals surface area contributed by atoms with E-state index in [1.807, 2.05) is 38.1 Å². The number of rotatable bonds is 5. The van der Waals surface area contributed by atoms with E-state index in [0.29, 0.717) is 5.92 Å². The molecule has 3 heterocycles. The molecular formula is C18H25N5O. The molecule has 2 aromatic rings. The number of hydrogen-bond donors (Lipinski definition) is 2. The third kappa shape index (κ3) is 4.27. The number of aliphatic hydroxyl groups is 1. The van der Waals surface area contributed by atoms with E-state index < -0.39 is 0 Å². The maximum Gasteiger partial charge on any atom is 0.135 e. The molecule has 2 aromatic heterocycles. The van der Waals surface area contributed by atoms with Gasteiger partial charge < -0.3 is 15.3 Å². The Balaban J connectivity index is 1.78. The van der Waals surface area contributed by atoms with Crippen LogP contribution in [0.25, 0.3) is 0 Å². The average Bonchev–Trinajstić information content (AvgIpc) is 2.55. The zero-order valence-electron chi connectivity index (χ0n) is 14.4. The second-order valence-electron chi connectivity index (χ2n) is 6.41. The normalized spacial score (nSPS) is 18.5. The SMILES string of the molecule is Cc1cccc(Nc2cc(C)nc(C3CCCN(CCO)C3)n2)n1. The van der Waals surface area contributed by atoms with Crippen LogP contribution in [0, 0.1) is 13.8 Å². The van der Waals surface area contributed by atoms with Crippen LogP contribution in [0.2, 0.25) is 0 Å². The second-order valence-corrected chi connectivity index (χ2v) is 6.41. The number of likely N-dealkylation sites (tertiary alicyclic amines) is 1. The Morgan fingerprint density at radius 3 is 2.83 bits per heavy atom. The molecule has 1 fully saturated rings. The van der Waals surface area contributed by atoms with Crippen LogP contribution in [-0.2, 0) is 0 Å². The molecular weight excluding hydrogens is 302 g/mol. The molecule has 3 rings (SSSR count). The number of pyridine rings is 1. The molecule has 0 amide bonds. The van der Waals surface area contributed by atoms with Gasteiger partial charge in [0, 0.05) is 36.5 Å². The van der Waals surface area contributed by atoms with Gasteiger partial charge in [0.2, 0.25) is 0 Å². The molecule has 128 valence electrons. The Labute approximate surface area is 143 Å². The standard InChI is InChI=1S/C18H25N5O/c1-13-5-3-7-16(19-13)21-17-11-14(2)20-18(22-17)15-6-4-8-23(12-15)9-10-24/h3,5,7,11,15,24H,4,6,8-10,12H2,1-2H3,(H,19,20,21,22). The quantitative estimate of drug-likeness (QED) is 0.878. The number of anilines is 2. The van der Waals surface area contributed by atoms with Crippen LogP contribution in [-0.4, -0.2) is 51.2 Å². The van der Waals surface area contributed by atoms with Gasteiger partial charge in [0.15, 0.2) is 0 Å². The van der Waals surface area contributed by atoms with Gasteiger partial charge in [0.1, 0.15) is 17.5 Å². The highest BCUT2D eigenvalue weighted by atomic mass is 16.3. The molecule has 24 heavy (non-hydrogen) atoms.